The number of benzene rings is 1. The van der Waals surface area contributed by atoms with Crippen LogP contribution in [0.5, 0.6) is 0 Å². The number of amides is 1. The molecule has 32 heavy (non-hydrogen) atoms. The van der Waals surface area contributed by atoms with Crippen LogP contribution in [0.1, 0.15) is 55.8 Å². The van der Waals surface area contributed by atoms with Gasteiger partial charge in [0, 0.05) is 60.6 Å². The van der Waals surface area contributed by atoms with E-state index in [2.05, 4.69) is 27.1 Å². The molecule has 2 heterocycles. The molecule has 0 saturated carbocycles. The summed E-state index contributed by atoms with van der Waals surface area (Å²) in [5, 5.41) is 3.63. The molecule has 2 atom stereocenters. The van der Waals surface area contributed by atoms with E-state index in [1.165, 1.54) is 11.6 Å². The highest BCUT2D eigenvalue weighted by atomic mass is 35.5. The summed E-state index contributed by atoms with van der Waals surface area (Å²) in [6.45, 7) is 9.21. The highest BCUT2D eigenvalue weighted by Gasteiger charge is 2.33. The highest BCUT2D eigenvalue weighted by Crippen LogP contribution is 2.37. The molecule has 1 aromatic heterocycles. The molecule has 4 rings (SSSR count). The number of aromatic nitrogens is 2. The molecule has 0 bridgehead atoms. The van der Waals surface area contributed by atoms with E-state index in [4.69, 9.17) is 11.6 Å². The number of rotatable bonds is 6. The van der Waals surface area contributed by atoms with Gasteiger partial charge in [-0.1, -0.05) is 38.4 Å². The van der Waals surface area contributed by atoms with Crippen LogP contribution in [0.3, 0.4) is 0 Å². The molecule has 172 valence electrons. The van der Waals surface area contributed by atoms with Gasteiger partial charge in [0.2, 0.25) is 5.91 Å². The quantitative estimate of drug-likeness (QED) is 0.712. The van der Waals surface area contributed by atoms with Gasteiger partial charge in [-0.05, 0) is 30.9 Å². The largest absolute Gasteiger partial charge is 0.353 e. The van der Waals surface area contributed by atoms with Crippen LogP contribution in [0.4, 0.5) is 10.2 Å². The number of carbonyl (C=O) groups excluding carboxylic acids is 1. The van der Waals surface area contributed by atoms with Gasteiger partial charge in [0.25, 0.3) is 0 Å². The Hall–Kier alpha value is -2.25. The molecule has 8 heteroatoms. The number of anilines is 1. The summed E-state index contributed by atoms with van der Waals surface area (Å²) in [4.78, 5) is 26.6. The summed E-state index contributed by atoms with van der Waals surface area (Å²) in [6, 6.07) is 4.75. The molecule has 1 saturated heterocycles. The summed E-state index contributed by atoms with van der Waals surface area (Å²) in [6.07, 6.45) is 3.76. The second-order valence-electron chi connectivity index (χ2n) is 9.09. The molecule has 1 aliphatic carbocycles. The fourth-order valence-electron chi connectivity index (χ4n) is 4.70. The molecular formula is C24H31ClFN5O. The number of hydrogen-bond donors (Lipinski definition) is 1. The fourth-order valence-corrected chi connectivity index (χ4v) is 4.86. The van der Waals surface area contributed by atoms with E-state index in [9.17, 15) is 9.18 Å². The number of halogens is 2. The minimum Gasteiger partial charge on any atom is -0.353 e. The van der Waals surface area contributed by atoms with Crippen molar-refractivity contribution in [2.24, 2.45) is 0 Å². The SMILES string of the molecule is CC(C)NC[C@@H](C(=O)N1CCN(c2ncnc3c2[C@H](C)CC3)CC1)c1ccc(Cl)cc1F. The van der Waals surface area contributed by atoms with Crippen LogP contribution < -0.4 is 10.2 Å². The van der Waals surface area contributed by atoms with Gasteiger partial charge in [0.15, 0.2) is 0 Å². The van der Waals surface area contributed by atoms with Crippen molar-refractivity contribution in [1.29, 1.82) is 0 Å². The Kier molecular flexibility index (Phi) is 6.96. The van der Waals surface area contributed by atoms with E-state index < -0.39 is 11.7 Å². The molecule has 2 aromatic rings. The van der Waals surface area contributed by atoms with E-state index in [-0.39, 0.29) is 11.9 Å². The minimum atomic E-state index is -0.593. The van der Waals surface area contributed by atoms with Crippen molar-refractivity contribution < 1.29 is 9.18 Å². The zero-order valence-corrected chi connectivity index (χ0v) is 19.7. The van der Waals surface area contributed by atoms with Gasteiger partial charge in [-0.15, -0.1) is 0 Å². The van der Waals surface area contributed by atoms with Gasteiger partial charge in [0.05, 0.1) is 5.92 Å². The Bertz CT molecular complexity index is 977. The van der Waals surface area contributed by atoms with E-state index in [0.717, 1.165) is 24.4 Å². The van der Waals surface area contributed by atoms with Crippen LogP contribution in [0.15, 0.2) is 24.5 Å². The fraction of sp³-hybridized carbons (Fsp3) is 0.542. The third-order valence-electron chi connectivity index (χ3n) is 6.51. The average Bonchev–Trinajstić information content (AvgIpc) is 3.16. The standard InChI is InChI=1S/C24H31ClFN5O/c1-15(2)27-13-19(18-6-5-17(25)12-20(18)26)24(32)31-10-8-30(9-11-31)23-22-16(3)4-7-21(22)28-14-29-23/h5-6,12,14-16,19,27H,4,7-11,13H2,1-3H3/t16-,19-/m1/s1. The Labute approximate surface area is 194 Å². The predicted octanol–water partition coefficient (Wildman–Crippen LogP) is 3.75. The number of nitrogens with zero attached hydrogens (tertiary/aromatic N) is 4. The van der Waals surface area contributed by atoms with E-state index >= 15 is 0 Å². The van der Waals surface area contributed by atoms with Gasteiger partial charge < -0.3 is 15.1 Å². The molecule has 6 nitrogen and oxygen atoms in total. The van der Waals surface area contributed by atoms with Crippen molar-refractivity contribution in [3.05, 3.63) is 52.2 Å². The minimum absolute atomic E-state index is 0.0553. The first-order chi connectivity index (χ1) is 15.3. The summed E-state index contributed by atoms with van der Waals surface area (Å²) in [7, 11) is 0. The molecule has 2 aliphatic rings. The lowest BCUT2D eigenvalue weighted by Crippen LogP contribution is -2.51. The van der Waals surface area contributed by atoms with Gasteiger partial charge in [-0.2, -0.15) is 0 Å². The molecular weight excluding hydrogens is 429 g/mol. The number of carbonyl (C=O) groups is 1. The van der Waals surface area contributed by atoms with Crippen LogP contribution in [-0.4, -0.2) is 59.5 Å². The number of piperazine rings is 1. The first-order valence-corrected chi connectivity index (χ1v) is 11.8. The molecule has 1 aromatic carbocycles. The molecule has 0 unspecified atom stereocenters. The predicted molar refractivity (Wildman–Crippen MR) is 125 cm³/mol. The van der Waals surface area contributed by atoms with E-state index in [1.807, 2.05) is 18.7 Å². The Balaban J connectivity index is 1.49. The Morgan fingerprint density at radius 2 is 2.00 bits per heavy atom. The van der Waals surface area contributed by atoms with Crippen LogP contribution >= 0.6 is 11.6 Å². The molecule has 0 spiro atoms. The van der Waals surface area contributed by atoms with Gasteiger partial charge >= 0.3 is 0 Å². The summed E-state index contributed by atoms with van der Waals surface area (Å²) in [5.41, 5.74) is 2.80. The Morgan fingerprint density at radius 3 is 2.69 bits per heavy atom. The van der Waals surface area contributed by atoms with Crippen LogP contribution in [0.2, 0.25) is 5.02 Å². The first kappa shape index (κ1) is 22.9. The highest BCUT2D eigenvalue weighted by molar-refractivity contribution is 6.30. The van der Waals surface area contributed by atoms with Crippen LogP contribution in [-0.2, 0) is 11.2 Å². The normalized spacial score (nSPS) is 19.4. The maximum Gasteiger partial charge on any atom is 0.231 e. The topological polar surface area (TPSA) is 61.4 Å². The Morgan fingerprint density at radius 1 is 1.25 bits per heavy atom. The summed E-state index contributed by atoms with van der Waals surface area (Å²) >= 11 is 5.94. The second kappa shape index (κ2) is 9.71. The van der Waals surface area contributed by atoms with Crippen LogP contribution in [0.25, 0.3) is 0 Å². The summed E-state index contributed by atoms with van der Waals surface area (Å²) in [5.74, 6) is 0.379. The van der Waals surface area contributed by atoms with Crippen LogP contribution in [0, 0.1) is 5.82 Å². The monoisotopic (exact) mass is 459 g/mol. The average molecular weight is 460 g/mol. The van der Waals surface area contributed by atoms with Crippen molar-refractivity contribution in [2.75, 3.05) is 37.6 Å². The number of nitrogens with one attached hydrogen (secondary N) is 1. The van der Waals surface area contributed by atoms with Crippen molar-refractivity contribution in [3.63, 3.8) is 0 Å². The third kappa shape index (κ3) is 4.74. The lowest BCUT2D eigenvalue weighted by atomic mass is 9.96. The van der Waals surface area contributed by atoms with E-state index in [0.29, 0.717) is 49.2 Å². The van der Waals surface area contributed by atoms with Gasteiger partial charge in [-0.3, -0.25) is 4.79 Å². The molecule has 1 fully saturated rings. The number of hydrogen-bond acceptors (Lipinski definition) is 5. The van der Waals surface area contributed by atoms with Crippen molar-refractivity contribution in [3.8, 4) is 0 Å². The molecule has 1 aliphatic heterocycles. The van der Waals surface area contributed by atoms with Gasteiger partial charge in [0.1, 0.15) is 18.0 Å². The van der Waals surface area contributed by atoms with E-state index in [1.54, 1.807) is 18.5 Å². The third-order valence-corrected chi connectivity index (χ3v) is 6.74. The van der Waals surface area contributed by atoms with Crippen molar-refractivity contribution in [1.82, 2.24) is 20.2 Å². The van der Waals surface area contributed by atoms with Gasteiger partial charge in [-0.25, -0.2) is 14.4 Å². The maximum atomic E-state index is 14.7. The maximum absolute atomic E-state index is 14.7. The lowest BCUT2D eigenvalue weighted by molar-refractivity contribution is -0.133. The number of fused-ring (bicyclic) bond motifs is 1. The summed E-state index contributed by atoms with van der Waals surface area (Å²) < 4.78 is 14.7. The second-order valence-corrected chi connectivity index (χ2v) is 9.53. The van der Waals surface area contributed by atoms with Crippen molar-refractivity contribution in [2.45, 2.75) is 51.5 Å². The lowest BCUT2D eigenvalue weighted by Gasteiger charge is -2.38. The molecule has 0 radical (unpaired) electrons. The molecule has 1 amide bonds. The molecule has 1 N–H and O–H groups in total. The zero-order valence-electron chi connectivity index (χ0n) is 18.9. The van der Waals surface area contributed by atoms with Crippen molar-refractivity contribution >= 4 is 23.3 Å². The smallest absolute Gasteiger partial charge is 0.231 e. The first-order valence-electron chi connectivity index (χ1n) is 11.4. The zero-order chi connectivity index (χ0) is 22.8. The number of aryl methyl sites for hydroxylation is 1.